The number of pyridine rings is 1. The van der Waals surface area contributed by atoms with Crippen molar-refractivity contribution in [2.75, 3.05) is 6.61 Å². The Bertz CT molecular complexity index is 554. The standard InChI is InChI=1S/C14H15NO2/c1-4-16-11(3)7-10(2)13-8-12-5-6-17-14(12)9-15-13/h5-6,8-9H,2-4,7H2,1H3. The molecule has 0 radical (unpaired) electrons. The predicted octanol–water partition coefficient (Wildman–Crippen LogP) is 3.78. The van der Waals surface area contributed by atoms with E-state index < -0.39 is 0 Å². The third kappa shape index (κ3) is 2.56. The van der Waals surface area contributed by atoms with E-state index in [0.717, 1.165) is 22.2 Å². The molecule has 3 heteroatoms. The van der Waals surface area contributed by atoms with Crippen molar-refractivity contribution < 1.29 is 9.15 Å². The van der Waals surface area contributed by atoms with Gasteiger partial charge in [0.05, 0.1) is 30.5 Å². The average Bonchev–Trinajstić information content (AvgIpc) is 2.75. The molecule has 0 aliphatic heterocycles. The van der Waals surface area contributed by atoms with Gasteiger partial charge in [-0.25, -0.2) is 0 Å². The van der Waals surface area contributed by atoms with Crippen LogP contribution < -0.4 is 0 Å². The Morgan fingerprint density at radius 3 is 3.06 bits per heavy atom. The summed E-state index contributed by atoms with van der Waals surface area (Å²) in [5, 5.41) is 1.03. The van der Waals surface area contributed by atoms with Crippen LogP contribution in [-0.2, 0) is 4.74 Å². The van der Waals surface area contributed by atoms with Crippen LogP contribution in [0.25, 0.3) is 16.5 Å². The van der Waals surface area contributed by atoms with Crippen molar-refractivity contribution >= 4 is 16.5 Å². The molecule has 2 rings (SSSR count). The molecule has 0 saturated carbocycles. The molecule has 0 fully saturated rings. The molecule has 3 nitrogen and oxygen atoms in total. The molecular weight excluding hydrogens is 214 g/mol. The summed E-state index contributed by atoms with van der Waals surface area (Å²) in [6.45, 7) is 10.4. The highest BCUT2D eigenvalue weighted by molar-refractivity contribution is 5.80. The minimum absolute atomic E-state index is 0.601. The lowest BCUT2D eigenvalue weighted by atomic mass is 10.1. The second kappa shape index (κ2) is 4.87. The minimum Gasteiger partial charge on any atom is -0.498 e. The van der Waals surface area contributed by atoms with Gasteiger partial charge in [0.25, 0.3) is 0 Å². The normalized spacial score (nSPS) is 10.4. The molecule has 0 N–H and O–H groups in total. The SMILES string of the molecule is C=C(CC(=C)c1cc2ccoc2cn1)OCC. The van der Waals surface area contributed by atoms with Gasteiger partial charge in [0, 0.05) is 11.8 Å². The Morgan fingerprint density at radius 2 is 2.29 bits per heavy atom. The summed E-state index contributed by atoms with van der Waals surface area (Å²) >= 11 is 0. The Labute approximate surface area is 100 Å². The van der Waals surface area contributed by atoms with Crippen LogP contribution in [0.5, 0.6) is 0 Å². The maximum atomic E-state index is 5.30. The van der Waals surface area contributed by atoms with Gasteiger partial charge < -0.3 is 9.15 Å². The fourth-order valence-corrected chi connectivity index (χ4v) is 1.64. The van der Waals surface area contributed by atoms with Crippen LogP contribution in [0.1, 0.15) is 19.0 Å². The number of hydrogen-bond acceptors (Lipinski definition) is 3. The summed E-state index contributed by atoms with van der Waals surface area (Å²) in [4.78, 5) is 4.30. The highest BCUT2D eigenvalue weighted by atomic mass is 16.5. The maximum absolute atomic E-state index is 5.30. The van der Waals surface area contributed by atoms with Gasteiger partial charge in [-0.1, -0.05) is 13.2 Å². The van der Waals surface area contributed by atoms with Crippen molar-refractivity contribution in [1.29, 1.82) is 0 Å². The monoisotopic (exact) mass is 229 g/mol. The zero-order valence-corrected chi connectivity index (χ0v) is 9.90. The van der Waals surface area contributed by atoms with E-state index >= 15 is 0 Å². The van der Waals surface area contributed by atoms with Crippen LogP contribution in [0.4, 0.5) is 0 Å². The van der Waals surface area contributed by atoms with Crippen molar-refractivity contribution in [2.45, 2.75) is 13.3 Å². The Morgan fingerprint density at radius 1 is 1.47 bits per heavy atom. The first-order chi connectivity index (χ1) is 8.20. The number of aromatic nitrogens is 1. The third-order valence-electron chi connectivity index (χ3n) is 2.46. The van der Waals surface area contributed by atoms with Gasteiger partial charge in [-0.3, -0.25) is 4.98 Å². The highest BCUT2D eigenvalue weighted by Gasteiger charge is 2.06. The molecule has 0 aromatic carbocycles. The lowest BCUT2D eigenvalue weighted by molar-refractivity contribution is 0.227. The molecule has 0 spiro atoms. The van der Waals surface area contributed by atoms with Gasteiger partial charge in [0.2, 0.25) is 0 Å². The summed E-state index contributed by atoms with van der Waals surface area (Å²) < 4.78 is 10.5. The maximum Gasteiger partial charge on any atom is 0.152 e. The smallest absolute Gasteiger partial charge is 0.152 e. The van der Waals surface area contributed by atoms with E-state index in [1.807, 2.05) is 19.1 Å². The first kappa shape index (κ1) is 11.5. The first-order valence-electron chi connectivity index (χ1n) is 5.52. The number of allylic oxidation sites excluding steroid dienone is 1. The van der Waals surface area contributed by atoms with E-state index in [9.17, 15) is 0 Å². The quantitative estimate of drug-likeness (QED) is 0.732. The molecule has 0 aliphatic carbocycles. The first-order valence-corrected chi connectivity index (χ1v) is 5.52. The molecule has 88 valence electrons. The van der Waals surface area contributed by atoms with E-state index in [0.29, 0.717) is 18.8 Å². The van der Waals surface area contributed by atoms with E-state index in [-0.39, 0.29) is 0 Å². The molecule has 0 bridgehead atoms. The number of furan rings is 1. The van der Waals surface area contributed by atoms with E-state index in [1.54, 1.807) is 12.5 Å². The highest BCUT2D eigenvalue weighted by Crippen LogP contribution is 2.22. The molecule has 0 aliphatic rings. The van der Waals surface area contributed by atoms with Crippen LogP contribution in [0, 0.1) is 0 Å². The molecule has 2 aromatic heterocycles. The van der Waals surface area contributed by atoms with Gasteiger partial charge >= 0.3 is 0 Å². The third-order valence-corrected chi connectivity index (χ3v) is 2.46. The van der Waals surface area contributed by atoms with Gasteiger partial charge in [0.15, 0.2) is 5.58 Å². The van der Waals surface area contributed by atoms with E-state index in [2.05, 4.69) is 18.1 Å². The summed E-state index contributed by atoms with van der Waals surface area (Å²) in [5.74, 6) is 0.714. The van der Waals surface area contributed by atoms with Crippen molar-refractivity contribution in [3.63, 3.8) is 0 Å². The second-order valence-corrected chi connectivity index (χ2v) is 3.78. The topological polar surface area (TPSA) is 35.3 Å². The zero-order chi connectivity index (χ0) is 12.3. The molecule has 0 amide bonds. The molecule has 0 unspecified atom stereocenters. The van der Waals surface area contributed by atoms with Crippen LogP contribution in [-0.4, -0.2) is 11.6 Å². The molecule has 0 saturated heterocycles. The molecule has 2 heterocycles. The fourth-order valence-electron chi connectivity index (χ4n) is 1.64. The van der Waals surface area contributed by atoms with Crippen molar-refractivity contribution in [2.24, 2.45) is 0 Å². The summed E-state index contributed by atoms with van der Waals surface area (Å²) in [7, 11) is 0. The predicted molar refractivity (Wildman–Crippen MR) is 68.4 cm³/mol. The Kier molecular flexibility index (Phi) is 3.28. The second-order valence-electron chi connectivity index (χ2n) is 3.78. The number of hydrogen-bond donors (Lipinski definition) is 0. The number of nitrogens with zero attached hydrogens (tertiary/aromatic N) is 1. The van der Waals surface area contributed by atoms with Crippen LogP contribution >= 0.6 is 0 Å². The van der Waals surface area contributed by atoms with Crippen molar-refractivity contribution in [1.82, 2.24) is 4.98 Å². The number of rotatable bonds is 5. The zero-order valence-electron chi connectivity index (χ0n) is 9.90. The Balaban J connectivity index is 2.15. The molecule has 17 heavy (non-hydrogen) atoms. The van der Waals surface area contributed by atoms with Crippen molar-refractivity contribution in [3.8, 4) is 0 Å². The largest absolute Gasteiger partial charge is 0.498 e. The van der Waals surface area contributed by atoms with Gasteiger partial charge in [-0.15, -0.1) is 0 Å². The lowest BCUT2D eigenvalue weighted by Crippen LogP contribution is -1.93. The average molecular weight is 229 g/mol. The molecular formula is C14H15NO2. The van der Waals surface area contributed by atoms with Gasteiger partial charge in [-0.05, 0) is 24.6 Å². The number of fused-ring (bicyclic) bond motifs is 1. The number of ether oxygens (including phenoxy) is 1. The van der Waals surface area contributed by atoms with Crippen LogP contribution in [0.15, 0.2) is 47.9 Å². The van der Waals surface area contributed by atoms with Crippen molar-refractivity contribution in [3.05, 3.63) is 49.2 Å². The summed E-state index contributed by atoms with van der Waals surface area (Å²) in [6, 6.07) is 3.87. The van der Waals surface area contributed by atoms with Crippen LogP contribution in [0.3, 0.4) is 0 Å². The molecule has 2 aromatic rings. The minimum atomic E-state index is 0.601. The summed E-state index contributed by atoms with van der Waals surface area (Å²) in [6.07, 6.45) is 3.96. The van der Waals surface area contributed by atoms with E-state index in [1.165, 1.54) is 0 Å². The molecule has 0 atom stereocenters. The summed E-state index contributed by atoms with van der Waals surface area (Å²) in [5.41, 5.74) is 2.52. The van der Waals surface area contributed by atoms with E-state index in [4.69, 9.17) is 9.15 Å². The van der Waals surface area contributed by atoms with Gasteiger partial charge in [-0.2, -0.15) is 0 Å². The lowest BCUT2D eigenvalue weighted by Gasteiger charge is -2.08. The Hall–Kier alpha value is -2.03. The van der Waals surface area contributed by atoms with Gasteiger partial charge in [0.1, 0.15) is 0 Å². The fraction of sp³-hybridized carbons (Fsp3) is 0.214. The van der Waals surface area contributed by atoms with Crippen LogP contribution in [0.2, 0.25) is 0 Å².